The van der Waals surface area contributed by atoms with Crippen molar-refractivity contribution in [2.24, 2.45) is 5.92 Å². The molecule has 1 atom stereocenters. The summed E-state index contributed by atoms with van der Waals surface area (Å²) in [6.07, 6.45) is 16.1. The summed E-state index contributed by atoms with van der Waals surface area (Å²) in [5.41, 5.74) is 1.90. The molecule has 4 nitrogen and oxygen atoms in total. The van der Waals surface area contributed by atoms with Crippen LogP contribution in [0.4, 0.5) is 5.69 Å². The van der Waals surface area contributed by atoms with E-state index < -0.39 is 5.97 Å². The Bertz CT molecular complexity index is 662. The van der Waals surface area contributed by atoms with E-state index in [9.17, 15) is 4.79 Å². The van der Waals surface area contributed by atoms with E-state index in [1.807, 2.05) is 25.1 Å². The van der Waals surface area contributed by atoms with Crippen molar-refractivity contribution in [1.29, 1.82) is 0 Å². The van der Waals surface area contributed by atoms with E-state index in [2.05, 4.69) is 19.2 Å². The van der Waals surface area contributed by atoms with E-state index in [1.165, 1.54) is 64.2 Å². The quantitative estimate of drug-likeness (QED) is 0.159. The number of carbonyl (C=O) groups is 1. The number of unbranched alkanes of at least 4 members (excludes halogenated alkanes) is 8. The fraction of sp³-hybridized carbons (Fsp3) is 0.704. The monoisotopic (exact) mass is 463 g/mol. The maximum Gasteiger partial charge on any atom is 0.303 e. The lowest BCUT2D eigenvalue weighted by Gasteiger charge is -2.16. The number of hydrogen-bond acceptors (Lipinski definition) is 3. The van der Waals surface area contributed by atoms with Gasteiger partial charge in [-0.05, 0) is 43.7 Å². The molecule has 32 heavy (non-hydrogen) atoms. The Labute approximate surface area is 201 Å². The van der Waals surface area contributed by atoms with Crippen LogP contribution < -0.4 is 10.1 Å². The van der Waals surface area contributed by atoms with Gasteiger partial charge in [-0.2, -0.15) is 0 Å². The number of thiocarbonyl (C=S) groups is 1. The van der Waals surface area contributed by atoms with Gasteiger partial charge in [0.1, 0.15) is 5.75 Å². The van der Waals surface area contributed by atoms with E-state index in [1.54, 1.807) is 0 Å². The van der Waals surface area contributed by atoms with Crippen LogP contribution in [0.2, 0.25) is 0 Å². The first-order valence-electron chi connectivity index (χ1n) is 12.7. The van der Waals surface area contributed by atoms with Crippen molar-refractivity contribution in [3.8, 4) is 5.75 Å². The Hall–Kier alpha value is -1.62. The lowest BCUT2D eigenvalue weighted by Crippen LogP contribution is -2.11. The minimum absolute atomic E-state index is 0.116. The number of carboxylic acids is 1. The average Bonchev–Trinajstić information content (AvgIpc) is 2.76. The maximum absolute atomic E-state index is 10.7. The van der Waals surface area contributed by atoms with Crippen LogP contribution in [-0.2, 0) is 4.79 Å². The third-order valence-corrected chi connectivity index (χ3v) is 6.37. The summed E-state index contributed by atoms with van der Waals surface area (Å²) in [6.45, 7) is 7.03. The highest BCUT2D eigenvalue weighted by Gasteiger charge is 2.09. The lowest BCUT2D eigenvalue weighted by molar-refractivity contribution is -0.137. The normalized spacial score (nSPS) is 11.8. The van der Waals surface area contributed by atoms with Crippen molar-refractivity contribution in [3.63, 3.8) is 0 Å². The van der Waals surface area contributed by atoms with Crippen LogP contribution in [-0.4, -0.2) is 22.7 Å². The smallest absolute Gasteiger partial charge is 0.303 e. The third kappa shape index (κ3) is 13.7. The molecule has 1 rings (SSSR count). The zero-order valence-electron chi connectivity index (χ0n) is 20.6. The molecule has 0 spiro atoms. The fourth-order valence-corrected chi connectivity index (χ4v) is 4.03. The number of anilines is 1. The molecule has 0 saturated heterocycles. The fourth-order valence-electron chi connectivity index (χ4n) is 3.77. The molecule has 0 radical (unpaired) electrons. The van der Waals surface area contributed by atoms with Crippen LogP contribution in [0.5, 0.6) is 5.75 Å². The Morgan fingerprint density at radius 2 is 1.62 bits per heavy atom. The van der Waals surface area contributed by atoms with Gasteiger partial charge >= 0.3 is 5.97 Å². The number of aliphatic carboxylic acids is 1. The summed E-state index contributed by atoms with van der Waals surface area (Å²) in [5.74, 6) is 0.865. The molecule has 0 amide bonds. The van der Waals surface area contributed by atoms with Gasteiger partial charge in [0.05, 0.1) is 17.3 Å². The first kappa shape index (κ1) is 28.4. The van der Waals surface area contributed by atoms with Crippen molar-refractivity contribution in [2.75, 3.05) is 11.9 Å². The number of carboxylic acid groups (broad SMARTS) is 1. The largest absolute Gasteiger partial charge is 0.491 e. The second-order valence-electron chi connectivity index (χ2n) is 9.08. The maximum atomic E-state index is 10.7. The summed E-state index contributed by atoms with van der Waals surface area (Å²) in [6, 6.07) is 5.94. The van der Waals surface area contributed by atoms with Crippen LogP contribution in [0.3, 0.4) is 0 Å². The van der Waals surface area contributed by atoms with Gasteiger partial charge in [0.15, 0.2) is 0 Å². The molecule has 182 valence electrons. The van der Waals surface area contributed by atoms with Crippen molar-refractivity contribution >= 4 is 28.9 Å². The highest BCUT2D eigenvalue weighted by Crippen LogP contribution is 2.29. The molecule has 1 unspecified atom stereocenters. The molecule has 0 heterocycles. The van der Waals surface area contributed by atoms with Gasteiger partial charge in [-0.1, -0.05) is 102 Å². The number of ether oxygens (including phenoxy) is 1. The van der Waals surface area contributed by atoms with Crippen molar-refractivity contribution < 1.29 is 14.6 Å². The van der Waals surface area contributed by atoms with Gasteiger partial charge in [0.2, 0.25) is 0 Å². The standard InChI is InChI=1S/C27H45NO3S/c1-4-22(2)16-12-10-8-6-5-7-9-11-13-19-25(32)28-24-18-14-17-23(3)27(24)31-21-15-20-26(29)30/h14,17-18,22H,4-13,15-16,19-21H2,1-3H3,(H,28,32)(H,29,30). The van der Waals surface area contributed by atoms with E-state index in [4.69, 9.17) is 22.1 Å². The number of benzene rings is 1. The van der Waals surface area contributed by atoms with Gasteiger partial charge in [-0.25, -0.2) is 0 Å². The van der Waals surface area contributed by atoms with Gasteiger partial charge in [0, 0.05) is 6.42 Å². The topological polar surface area (TPSA) is 58.6 Å². The van der Waals surface area contributed by atoms with Gasteiger partial charge in [-0.3, -0.25) is 4.79 Å². The Kier molecular flexibility index (Phi) is 15.9. The van der Waals surface area contributed by atoms with Crippen LogP contribution in [0.25, 0.3) is 0 Å². The summed E-state index contributed by atoms with van der Waals surface area (Å²) >= 11 is 5.55. The molecule has 2 N–H and O–H groups in total. The molecule has 0 aliphatic rings. The molecular formula is C27H45NO3S. The highest BCUT2D eigenvalue weighted by molar-refractivity contribution is 7.80. The van der Waals surface area contributed by atoms with Crippen LogP contribution >= 0.6 is 12.2 Å². The second kappa shape index (κ2) is 17.9. The molecule has 0 aliphatic carbocycles. The van der Waals surface area contributed by atoms with E-state index in [0.29, 0.717) is 13.0 Å². The second-order valence-corrected chi connectivity index (χ2v) is 9.57. The Morgan fingerprint density at radius 1 is 1.00 bits per heavy atom. The Balaban J connectivity index is 2.15. The predicted molar refractivity (Wildman–Crippen MR) is 140 cm³/mol. The zero-order chi connectivity index (χ0) is 23.6. The van der Waals surface area contributed by atoms with Gasteiger partial charge in [0.25, 0.3) is 0 Å². The molecule has 1 aromatic carbocycles. The lowest BCUT2D eigenvalue weighted by atomic mass is 9.99. The summed E-state index contributed by atoms with van der Waals surface area (Å²) < 4.78 is 5.86. The third-order valence-electron chi connectivity index (χ3n) is 6.07. The highest BCUT2D eigenvalue weighted by atomic mass is 32.1. The molecule has 0 saturated carbocycles. The van der Waals surface area contributed by atoms with Crippen molar-refractivity contribution in [1.82, 2.24) is 0 Å². The average molecular weight is 464 g/mol. The van der Waals surface area contributed by atoms with Crippen LogP contribution in [0.15, 0.2) is 18.2 Å². The number of nitrogens with one attached hydrogen (secondary N) is 1. The summed E-state index contributed by atoms with van der Waals surface area (Å²) in [4.78, 5) is 11.5. The predicted octanol–water partition coefficient (Wildman–Crippen LogP) is 8.32. The van der Waals surface area contributed by atoms with Crippen LogP contribution in [0, 0.1) is 12.8 Å². The number of para-hydroxylation sites is 1. The van der Waals surface area contributed by atoms with Crippen molar-refractivity contribution in [2.45, 2.75) is 111 Å². The van der Waals surface area contributed by atoms with E-state index >= 15 is 0 Å². The molecule has 0 aliphatic heterocycles. The number of aryl methyl sites for hydroxylation is 1. The van der Waals surface area contributed by atoms with Crippen LogP contribution in [0.1, 0.15) is 109 Å². The molecule has 1 aromatic rings. The molecule has 0 fully saturated rings. The number of hydrogen-bond donors (Lipinski definition) is 2. The first-order valence-corrected chi connectivity index (χ1v) is 13.1. The Morgan fingerprint density at radius 3 is 2.25 bits per heavy atom. The zero-order valence-corrected chi connectivity index (χ0v) is 21.4. The molecule has 0 bridgehead atoms. The first-order chi connectivity index (χ1) is 15.4. The minimum atomic E-state index is -0.796. The summed E-state index contributed by atoms with van der Waals surface area (Å²) in [7, 11) is 0. The summed E-state index contributed by atoms with van der Waals surface area (Å²) in [5, 5.41) is 12.1. The van der Waals surface area contributed by atoms with E-state index in [-0.39, 0.29) is 6.42 Å². The molecular weight excluding hydrogens is 418 g/mol. The minimum Gasteiger partial charge on any atom is -0.491 e. The SMILES string of the molecule is CCC(C)CCCCCCCCCCCC(=S)Nc1cccc(C)c1OCCCC(=O)O. The number of rotatable bonds is 19. The molecule has 0 aromatic heterocycles. The van der Waals surface area contributed by atoms with Gasteiger partial charge < -0.3 is 15.2 Å². The van der Waals surface area contributed by atoms with Gasteiger partial charge in [-0.15, -0.1) is 0 Å². The molecule has 5 heteroatoms. The van der Waals surface area contributed by atoms with Crippen molar-refractivity contribution in [3.05, 3.63) is 23.8 Å². The van der Waals surface area contributed by atoms with E-state index in [0.717, 1.165) is 40.7 Å².